The lowest BCUT2D eigenvalue weighted by molar-refractivity contribution is -0.120. The second-order valence-electron chi connectivity index (χ2n) is 2.10. The Morgan fingerprint density at radius 1 is 1.56 bits per heavy atom. The number of thiol groups is 1. The van der Waals surface area contributed by atoms with Crippen LogP contribution in [-0.2, 0) is 4.79 Å². The highest BCUT2D eigenvalue weighted by Crippen LogP contribution is 2.21. The maximum Gasteiger partial charge on any atom is 0.233 e. The number of hydrogen-bond donors (Lipinski definition) is 2. The summed E-state index contributed by atoms with van der Waals surface area (Å²) < 4.78 is -0.583. The molecule has 1 amide bonds. The average Bonchev–Trinajstić information content (AvgIpc) is 1.86. The monoisotopic (exact) mass is 147 g/mol. The Kier molecular flexibility index (Phi) is 3.04. The van der Waals surface area contributed by atoms with Crippen LogP contribution in [0.1, 0.15) is 26.7 Å². The van der Waals surface area contributed by atoms with E-state index < -0.39 is 4.75 Å². The van der Waals surface area contributed by atoms with Crippen molar-refractivity contribution in [1.82, 2.24) is 0 Å². The van der Waals surface area contributed by atoms with Crippen molar-refractivity contribution in [2.45, 2.75) is 31.4 Å². The first-order valence-electron chi connectivity index (χ1n) is 3.09. The molecule has 0 aliphatic carbocycles. The van der Waals surface area contributed by atoms with Crippen LogP contribution in [0, 0.1) is 0 Å². The predicted octanol–water partition coefficient (Wildman–Crippen LogP) is 0.960. The van der Waals surface area contributed by atoms with Gasteiger partial charge in [0.05, 0.1) is 4.75 Å². The molecular weight excluding hydrogens is 134 g/mol. The zero-order chi connectivity index (χ0) is 7.49. The van der Waals surface area contributed by atoms with Crippen molar-refractivity contribution in [3.05, 3.63) is 0 Å². The van der Waals surface area contributed by atoms with E-state index in [0.717, 1.165) is 0 Å². The number of nitrogens with two attached hydrogens (primary N) is 1. The van der Waals surface area contributed by atoms with Gasteiger partial charge in [0.1, 0.15) is 0 Å². The molecule has 0 saturated heterocycles. The van der Waals surface area contributed by atoms with Gasteiger partial charge in [-0.15, -0.1) is 0 Å². The highest BCUT2D eigenvalue weighted by molar-refractivity contribution is 7.82. The summed E-state index contributed by atoms with van der Waals surface area (Å²) in [4.78, 5) is 10.6. The molecule has 0 heterocycles. The Balaban J connectivity index is 4.09. The molecule has 9 heavy (non-hydrogen) atoms. The Morgan fingerprint density at radius 2 is 1.89 bits per heavy atom. The minimum Gasteiger partial charge on any atom is -0.368 e. The predicted molar refractivity (Wildman–Crippen MR) is 41.5 cm³/mol. The maximum atomic E-state index is 10.6. The first-order valence-corrected chi connectivity index (χ1v) is 3.53. The standard InChI is InChI=1S/C6H13NOS/c1-3-6(9,4-2)5(7)8/h9H,3-4H2,1-2H3,(H2,7,8). The molecule has 0 saturated carbocycles. The molecule has 3 heteroatoms. The molecule has 0 aliphatic heterocycles. The van der Waals surface area contributed by atoms with E-state index in [-0.39, 0.29) is 5.91 Å². The van der Waals surface area contributed by atoms with E-state index in [1.54, 1.807) is 0 Å². The zero-order valence-corrected chi connectivity index (χ0v) is 6.74. The minimum absolute atomic E-state index is 0.323. The van der Waals surface area contributed by atoms with Crippen LogP contribution in [0.25, 0.3) is 0 Å². The summed E-state index contributed by atoms with van der Waals surface area (Å²) in [6, 6.07) is 0. The van der Waals surface area contributed by atoms with Gasteiger partial charge >= 0.3 is 0 Å². The fourth-order valence-corrected chi connectivity index (χ4v) is 0.598. The van der Waals surface area contributed by atoms with Gasteiger partial charge in [0.15, 0.2) is 0 Å². The summed E-state index contributed by atoms with van der Waals surface area (Å²) in [5.41, 5.74) is 5.08. The van der Waals surface area contributed by atoms with Gasteiger partial charge in [0.2, 0.25) is 5.91 Å². The maximum absolute atomic E-state index is 10.6. The van der Waals surface area contributed by atoms with Crippen LogP contribution < -0.4 is 5.73 Å². The zero-order valence-electron chi connectivity index (χ0n) is 5.85. The van der Waals surface area contributed by atoms with E-state index in [1.165, 1.54) is 0 Å². The Morgan fingerprint density at radius 3 is 1.89 bits per heavy atom. The van der Waals surface area contributed by atoms with E-state index in [4.69, 9.17) is 5.73 Å². The van der Waals surface area contributed by atoms with Gasteiger partial charge in [-0.2, -0.15) is 12.6 Å². The number of primary amides is 1. The van der Waals surface area contributed by atoms with Gasteiger partial charge in [-0.25, -0.2) is 0 Å². The van der Waals surface area contributed by atoms with Crippen LogP contribution in [0.5, 0.6) is 0 Å². The van der Waals surface area contributed by atoms with Crippen LogP contribution in [0.3, 0.4) is 0 Å². The molecule has 0 atom stereocenters. The molecule has 2 N–H and O–H groups in total. The molecule has 0 fully saturated rings. The van der Waals surface area contributed by atoms with E-state index in [0.29, 0.717) is 12.8 Å². The van der Waals surface area contributed by atoms with E-state index in [1.807, 2.05) is 13.8 Å². The number of rotatable bonds is 3. The van der Waals surface area contributed by atoms with Gasteiger partial charge < -0.3 is 5.73 Å². The Hall–Kier alpha value is -0.180. The largest absolute Gasteiger partial charge is 0.368 e. The molecule has 0 aromatic carbocycles. The SMILES string of the molecule is CCC(S)(CC)C(N)=O. The van der Waals surface area contributed by atoms with Crippen molar-refractivity contribution in [3.63, 3.8) is 0 Å². The summed E-state index contributed by atoms with van der Waals surface area (Å²) in [7, 11) is 0. The average molecular weight is 147 g/mol. The van der Waals surface area contributed by atoms with Crippen LogP contribution >= 0.6 is 12.6 Å². The molecule has 54 valence electrons. The summed E-state index contributed by atoms with van der Waals surface area (Å²) in [5, 5.41) is 0. The van der Waals surface area contributed by atoms with Crippen LogP contribution in [0.2, 0.25) is 0 Å². The lowest BCUT2D eigenvalue weighted by Crippen LogP contribution is -2.37. The fraction of sp³-hybridized carbons (Fsp3) is 0.833. The summed E-state index contributed by atoms with van der Waals surface area (Å²) >= 11 is 4.14. The van der Waals surface area contributed by atoms with Gasteiger partial charge in [0, 0.05) is 0 Å². The second-order valence-corrected chi connectivity index (χ2v) is 2.96. The minimum atomic E-state index is -0.583. The van der Waals surface area contributed by atoms with Gasteiger partial charge in [0.25, 0.3) is 0 Å². The summed E-state index contributed by atoms with van der Waals surface area (Å²) in [6.45, 7) is 3.81. The fourth-order valence-electron chi connectivity index (χ4n) is 0.598. The highest BCUT2D eigenvalue weighted by atomic mass is 32.1. The van der Waals surface area contributed by atoms with Gasteiger partial charge in [-0.1, -0.05) is 13.8 Å². The summed E-state index contributed by atoms with van der Waals surface area (Å²) in [5.74, 6) is -0.323. The quantitative estimate of drug-likeness (QED) is 0.574. The van der Waals surface area contributed by atoms with E-state index in [2.05, 4.69) is 12.6 Å². The van der Waals surface area contributed by atoms with Crippen LogP contribution in [0.4, 0.5) is 0 Å². The van der Waals surface area contributed by atoms with Crippen molar-refractivity contribution in [2.24, 2.45) is 5.73 Å². The first-order chi connectivity index (χ1) is 4.06. The molecule has 0 bridgehead atoms. The molecule has 0 spiro atoms. The van der Waals surface area contributed by atoms with Crippen LogP contribution in [0.15, 0.2) is 0 Å². The normalized spacial score (nSPS) is 11.4. The van der Waals surface area contributed by atoms with Gasteiger partial charge in [-0.3, -0.25) is 4.79 Å². The smallest absolute Gasteiger partial charge is 0.233 e. The highest BCUT2D eigenvalue weighted by Gasteiger charge is 2.27. The molecule has 0 radical (unpaired) electrons. The van der Waals surface area contributed by atoms with Gasteiger partial charge in [-0.05, 0) is 12.8 Å². The molecule has 0 aliphatic rings. The second kappa shape index (κ2) is 3.11. The Bertz CT molecular complexity index is 110. The van der Waals surface area contributed by atoms with Crippen molar-refractivity contribution in [2.75, 3.05) is 0 Å². The third-order valence-electron chi connectivity index (χ3n) is 1.63. The molecule has 0 aromatic rings. The van der Waals surface area contributed by atoms with E-state index in [9.17, 15) is 4.79 Å². The first kappa shape index (κ1) is 8.82. The molecule has 2 nitrogen and oxygen atoms in total. The third-order valence-corrected chi connectivity index (χ3v) is 2.48. The van der Waals surface area contributed by atoms with E-state index >= 15 is 0 Å². The van der Waals surface area contributed by atoms with Crippen molar-refractivity contribution >= 4 is 18.5 Å². The van der Waals surface area contributed by atoms with Crippen LogP contribution in [-0.4, -0.2) is 10.7 Å². The number of carbonyl (C=O) groups is 1. The summed E-state index contributed by atoms with van der Waals surface area (Å²) in [6.07, 6.45) is 1.39. The number of carbonyl (C=O) groups excluding carboxylic acids is 1. The topological polar surface area (TPSA) is 43.1 Å². The molecule has 0 unspecified atom stereocenters. The lowest BCUT2D eigenvalue weighted by Gasteiger charge is -2.20. The molecule has 0 rings (SSSR count). The van der Waals surface area contributed by atoms with Crippen molar-refractivity contribution < 1.29 is 4.79 Å². The molecular formula is C6H13NOS. The number of hydrogen-bond acceptors (Lipinski definition) is 2. The van der Waals surface area contributed by atoms with Crippen molar-refractivity contribution in [1.29, 1.82) is 0 Å². The Labute approximate surface area is 61.2 Å². The third kappa shape index (κ3) is 1.90. The van der Waals surface area contributed by atoms with Crippen molar-refractivity contribution in [3.8, 4) is 0 Å². The number of amides is 1. The lowest BCUT2D eigenvalue weighted by atomic mass is 10.0. The molecule has 0 aromatic heterocycles.